The molecule has 27 heavy (non-hydrogen) atoms. The van der Waals surface area contributed by atoms with Gasteiger partial charge in [-0.05, 0) is 48.1 Å². The van der Waals surface area contributed by atoms with Gasteiger partial charge in [-0.25, -0.2) is 4.39 Å². The fourth-order valence-corrected chi connectivity index (χ4v) is 4.54. The molecule has 2 heterocycles. The minimum Gasteiger partial charge on any atom is -0.350 e. The number of thiophene rings is 1. The average molecular weight is 429 g/mol. The molecule has 1 unspecified atom stereocenters. The smallest absolute Gasteiger partial charge is 0.223 e. The van der Waals surface area contributed by atoms with Crippen molar-refractivity contribution in [3.63, 3.8) is 0 Å². The minimum absolute atomic E-state index is 0.0368. The number of benzene rings is 1. The highest BCUT2D eigenvalue weighted by Gasteiger charge is 2.22. The van der Waals surface area contributed by atoms with Gasteiger partial charge in [0.25, 0.3) is 0 Å². The predicted octanol–water partition coefficient (Wildman–Crippen LogP) is 4.74. The number of carbonyl (C=O) groups excluding carboxylic acids is 2. The summed E-state index contributed by atoms with van der Waals surface area (Å²) in [7, 11) is 0. The molecule has 3 rings (SSSR count). The molecule has 0 aliphatic carbocycles. The number of rotatable bonds is 5. The summed E-state index contributed by atoms with van der Waals surface area (Å²) < 4.78 is 13.6. The number of nitrogens with zero attached hydrogens (tertiary/aromatic N) is 1. The van der Waals surface area contributed by atoms with E-state index in [4.69, 9.17) is 23.2 Å². The maximum atomic E-state index is 13.6. The van der Waals surface area contributed by atoms with Crippen LogP contribution < -0.4 is 5.32 Å². The van der Waals surface area contributed by atoms with E-state index in [0.717, 1.165) is 6.42 Å². The normalized spacial score (nSPS) is 14.6. The summed E-state index contributed by atoms with van der Waals surface area (Å²) in [6, 6.07) is 4.08. The van der Waals surface area contributed by atoms with Crippen LogP contribution in [0.25, 0.3) is 0 Å². The fourth-order valence-electron chi connectivity index (χ4n) is 3.10. The lowest BCUT2D eigenvalue weighted by atomic mass is 10.1. The highest BCUT2D eigenvalue weighted by molar-refractivity contribution is 7.10. The van der Waals surface area contributed by atoms with Crippen LogP contribution in [0.15, 0.2) is 23.6 Å². The number of hydrogen-bond donors (Lipinski definition) is 1. The van der Waals surface area contributed by atoms with E-state index in [1.165, 1.54) is 22.6 Å². The second-order valence-corrected chi connectivity index (χ2v) is 8.33. The molecule has 0 radical (unpaired) electrons. The Morgan fingerprint density at radius 1 is 1.30 bits per heavy atom. The quantitative estimate of drug-likeness (QED) is 0.699. The van der Waals surface area contributed by atoms with Crippen LogP contribution >= 0.6 is 34.5 Å². The lowest BCUT2D eigenvalue weighted by molar-refractivity contribution is -0.134. The number of halogens is 3. The molecule has 144 valence electrons. The molecule has 0 saturated heterocycles. The van der Waals surface area contributed by atoms with Gasteiger partial charge in [0.2, 0.25) is 11.8 Å². The topological polar surface area (TPSA) is 49.4 Å². The Kier molecular flexibility index (Phi) is 6.40. The number of fused-ring (bicyclic) bond motifs is 1. The molecule has 4 nitrogen and oxygen atoms in total. The molecule has 0 bridgehead atoms. The van der Waals surface area contributed by atoms with Gasteiger partial charge in [0.05, 0.1) is 11.1 Å². The monoisotopic (exact) mass is 428 g/mol. The summed E-state index contributed by atoms with van der Waals surface area (Å²) >= 11 is 13.5. The van der Waals surface area contributed by atoms with Crippen LogP contribution in [-0.4, -0.2) is 23.3 Å². The molecule has 1 aliphatic heterocycles. The van der Waals surface area contributed by atoms with E-state index in [-0.39, 0.29) is 34.7 Å². The molecular formula is C19H19Cl2FN2O2S. The predicted molar refractivity (Wildman–Crippen MR) is 106 cm³/mol. The summed E-state index contributed by atoms with van der Waals surface area (Å²) in [6.07, 6.45) is 1.08. The molecule has 2 amide bonds. The van der Waals surface area contributed by atoms with Crippen LogP contribution in [0.3, 0.4) is 0 Å². The molecule has 1 N–H and O–H groups in total. The van der Waals surface area contributed by atoms with Gasteiger partial charge < -0.3 is 10.2 Å². The summed E-state index contributed by atoms with van der Waals surface area (Å²) in [5.41, 5.74) is 1.64. The molecule has 0 saturated carbocycles. The van der Waals surface area contributed by atoms with E-state index >= 15 is 0 Å². The fraction of sp³-hybridized carbons (Fsp3) is 0.368. The van der Waals surface area contributed by atoms with E-state index in [1.54, 1.807) is 23.2 Å². The van der Waals surface area contributed by atoms with Gasteiger partial charge >= 0.3 is 0 Å². The Bertz CT molecular complexity index is 871. The lowest BCUT2D eigenvalue weighted by Crippen LogP contribution is -2.36. The second-order valence-electron chi connectivity index (χ2n) is 6.51. The van der Waals surface area contributed by atoms with Crippen molar-refractivity contribution in [1.29, 1.82) is 0 Å². The molecule has 1 aromatic heterocycles. The lowest BCUT2D eigenvalue weighted by Gasteiger charge is -2.27. The van der Waals surface area contributed by atoms with E-state index in [9.17, 15) is 14.0 Å². The zero-order valence-electron chi connectivity index (χ0n) is 14.7. The average Bonchev–Trinajstić information content (AvgIpc) is 3.10. The summed E-state index contributed by atoms with van der Waals surface area (Å²) in [6.45, 7) is 3.00. The number of nitrogens with one attached hydrogen (secondary N) is 1. The summed E-state index contributed by atoms with van der Waals surface area (Å²) in [5, 5.41) is 5.01. The highest BCUT2D eigenvalue weighted by atomic mass is 35.5. The third-order valence-electron chi connectivity index (χ3n) is 4.61. The standard InChI is InChI=1S/C19H19Cl2FN2O2S/c1-11(13-8-16(22)15(21)9-14(13)20)23-18(25)2-3-19(26)24-6-4-17-12(10-24)5-7-27-17/h5,7-9,11H,2-4,6,10H2,1H3,(H,23,25). The first-order chi connectivity index (χ1) is 12.8. The van der Waals surface area contributed by atoms with Crippen LogP contribution in [0.5, 0.6) is 0 Å². The van der Waals surface area contributed by atoms with E-state index in [1.807, 2.05) is 11.4 Å². The Balaban J connectivity index is 1.51. The number of carbonyl (C=O) groups is 2. The molecular weight excluding hydrogens is 410 g/mol. The van der Waals surface area contributed by atoms with E-state index in [0.29, 0.717) is 18.7 Å². The third-order valence-corrected chi connectivity index (χ3v) is 6.25. The zero-order valence-corrected chi connectivity index (χ0v) is 17.1. The second kappa shape index (κ2) is 8.59. The molecule has 0 spiro atoms. The van der Waals surface area contributed by atoms with Gasteiger partial charge in [-0.2, -0.15) is 0 Å². The van der Waals surface area contributed by atoms with Crippen molar-refractivity contribution in [3.05, 3.63) is 55.4 Å². The van der Waals surface area contributed by atoms with Crippen LogP contribution in [-0.2, 0) is 22.6 Å². The SMILES string of the molecule is CC(NC(=O)CCC(=O)N1CCc2sccc2C1)c1cc(F)c(Cl)cc1Cl. The zero-order chi connectivity index (χ0) is 19.6. The van der Waals surface area contributed by atoms with Gasteiger partial charge in [-0.1, -0.05) is 23.2 Å². The molecule has 0 fully saturated rings. The van der Waals surface area contributed by atoms with Crippen molar-refractivity contribution in [3.8, 4) is 0 Å². The molecule has 2 aromatic rings. The van der Waals surface area contributed by atoms with Crippen molar-refractivity contribution in [2.45, 2.75) is 38.8 Å². The van der Waals surface area contributed by atoms with Crippen LogP contribution in [0, 0.1) is 5.82 Å². The van der Waals surface area contributed by atoms with Crippen molar-refractivity contribution in [1.82, 2.24) is 10.2 Å². The first-order valence-electron chi connectivity index (χ1n) is 8.62. The van der Waals surface area contributed by atoms with Crippen molar-refractivity contribution < 1.29 is 14.0 Å². The molecule has 8 heteroatoms. The number of amides is 2. The van der Waals surface area contributed by atoms with Gasteiger partial charge in [0.1, 0.15) is 5.82 Å². The Morgan fingerprint density at radius 3 is 2.85 bits per heavy atom. The summed E-state index contributed by atoms with van der Waals surface area (Å²) in [5.74, 6) is -0.911. The Labute approximate surface area is 171 Å². The van der Waals surface area contributed by atoms with E-state index < -0.39 is 11.9 Å². The number of hydrogen-bond acceptors (Lipinski definition) is 3. The van der Waals surface area contributed by atoms with Crippen molar-refractivity contribution in [2.24, 2.45) is 0 Å². The molecule has 1 aliphatic rings. The van der Waals surface area contributed by atoms with Crippen LogP contribution in [0.1, 0.15) is 41.8 Å². The first-order valence-corrected chi connectivity index (χ1v) is 10.3. The van der Waals surface area contributed by atoms with Crippen molar-refractivity contribution in [2.75, 3.05) is 6.54 Å². The third kappa shape index (κ3) is 4.81. The van der Waals surface area contributed by atoms with Gasteiger partial charge in [0.15, 0.2) is 0 Å². The minimum atomic E-state index is -0.592. The highest BCUT2D eigenvalue weighted by Crippen LogP contribution is 2.29. The maximum Gasteiger partial charge on any atom is 0.223 e. The van der Waals surface area contributed by atoms with E-state index in [2.05, 4.69) is 5.32 Å². The van der Waals surface area contributed by atoms with Gasteiger partial charge in [-0.15, -0.1) is 11.3 Å². The van der Waals surface area contributed by atoms with Crippen LogP contribution in [0.4, 0.5) is 4.39 Å². The molecule has 1 atom stereocenters. The Morgan fingerprint density at radius 2 is 2.07 bits per heavy atom. The molecule has 1 aromatic carbocycles. The maximum absolute atomic E-state index is 13.6. The summed E-state index contributed by atoms with van der Waals surface area (Å²) in [4.78, 5) is 27.7. The largest absolute Gasteiger partial charge is 0.350 e. The van der Waals surface area contributed by atoms with Crippen LogP contribution in [0.2, 0.25) is 10.0 Å². The Hall–Kier alpha value is -1.63. The van der Waals surface area contributed by atoms with Gasteiger partial charge in [0, 0.05) is 35.8 Å². The first kappa shape index (κ1) is 20.1. The van der Waals surface area contributed by atoms with Crippen molar-refractivity contribution >= 4 is 46.4 Å². The van der Waals surface area contributed by atoms with Gasteiger partial charge in [-0.3, -0.25) is 9.59 Å².